The van der Waals surface area contributed by atoms with Crippen molar-refractivity contribution in [2.24, 2.45) is 11.8 Å². The molecule has 1 unspecified atom stereocenters. The predicted octanol–water partition coefficient (Wildman–Crippen LogP) is 5.37. The molecule has 0 saturated carbocycles. The average molecular weight is 717 g/mol. The van der Waals surface area contributed by atoms with Crippen molar-refractivity contribution >= 4 is 37.5 Å². The third-order valence-electron chi connectivity index (χ3n) is 10.7. The van der Waals surface area contributed by atoms with Crippen molar-refractivity contribution in [3.63, 3.8) is 0 Å². The Kier molecular flexibility index (Phi) is 11.0. The van der Waals surface area contributed by atoms with Gasteiger partial charge in [0.2, 0.25) is 20.2 Å². The number of amides is 3. The van der Waals surface area contributed by atoms with Crippen molar-refractivity contribution in [3.8, 4) is 5.75 Å². The van der Waals surface area contributed by atoms with Gasteiger partial charge in [0.15, 0.2) is 5.60 Å². The predicted molar refractivity (Wildman–Crippen MR) is 196 cm³/mol. The molecule has 0 radical (unpaired) electrons. The van der Waals surface area contributed by atoms with Crippen molar-refractivity contribution in [2.45, 2.75) is 69.6 Å². The van der Waals surface area contributed by atoms with Gasteiger partial charge in [0, 0.05) is 42.3 Å². The van der Waals surface area contributed by atoms with Crippen LogP contribution >= 0.6 is 0 Å². The molecule has 51 heavy (non-hydrogen) atoms. The molecule has 3 aromatic carbocycles. The van der Waals surface area contributed by atoms with Crippen LogP contribution in [0, 0.1) is 11.8 Å². The van der Waals surface area contributed by atoms with Crippen LogP contribution in [-0.4, -0.2) is 75.6 Å². The largest absolute Gasteiger partial charge is 0.497 e. The van der Waals surface area contributed by atoms with E-state index in [2.05, 4.69) is 10.6 Å². The first-order chi connectivity index (χ1) is 24.5. The number of nitrogens with zero attached hydrogens (tertiary/aromatic N) is 2. The maximum atomic E-state index is 16.5. The molecule has 3 aliphatic rings. The number of halogens is 1. The molecular weight excluding hydrogens is 668 g/mol. The molecule has 3 N–H and O–H groups in total. The minimum Gasteiger partial charge on any atom is -0.497 e. The van der Waals surface area contributed by atoms with Crippen LogP contribution in [0.1, 0.15) is 42.9 Å². The lowest BCUT2D eigenvalue weighted by molar-refractivity contribution is -0.150. The summed E-state index contributed by atoms with van der Waals surface area (Å²) in [4.78, 5) is 45.0. The van der Waals surface area contributed by atoms with Crippen molar-refractivity contribution in [2.75, 3.05) is 43.6 Å². The van der Waals surface area contributed by atoms with Crippen LogP contribution in [0.15, 0.2) is 72.8 Å². The summed E-state index contributed by atoms with van der Waals surface area (Å²) in [6.45, 7) is 7.01. The van der Waals surface area contributed by atoms with Crippen LogP contribution in [0.25, 0.3) is 0 Å². The number of hydrogen-bond donors (Lipinski definition) is 3. The number of aliphatic hydroxyl groups is 1. The van der Waals surface area contributed by atoms with Gasteiger partial charge in [0.1, 0.15) is 5.75 Å². The van der Waals surface area contributed by atoms with Crippen LogP contribution in [0.5, 0.6) is 5.75 Å². The van der Waals surface area contributed by atoms with Gasteiger partial charge < -0.3 is 39.1 Å². The zero-order chi connectivity index (χ0) is 36.3. The molecule has 2 saturated heterocycles. The van der Waals surface area contributed by atoms with Crippen LogP contribution in [0.3, 0.4) is 0 Å². The van der Waals surface area contributed by atoms with Crippen LogP contribution in [0.4, 0.5) is 15.5 Å². The molecule has 3 amide bonds. The number of anilines is 2. The first kappa shape index (κ1) is 36.7. The third kappa shape index (κ3) is 7.46. The SMILES string of the molecule is COc1ccc2c(c1)[C@@]1(O[C@H](CC(=O)N(CCO)Cc3ccccc3)[C@@H]([Si](C)(C)F)[C@@H]1C)C(=O)N2Cc1cccc(NC(=O)C2CCCNC2)c1. The van der Waals surface area contributed by atoms with Gasteiger partial charge >= 0.3 is 0 Å². The Morgan fingerprint density at radius 2 is 1.88 bits per heavy atom. The highest BCUT2D eigenvalue weighted by Gasteiger charge is 2.67. The van der Waals surface area contributed by atoms with E-state index in [0.29, 0.717) is 35.8 Å². The van der Waals surface area contributed by atoms with Crippen molar-refractivity contribution in [1.29, 1.82) is 0 Å². The number of carbonyl (C=O) groups excluding carboxylic acids is 3. The summed E-state index contributed by atoms with van der Waals surface area (Å²) in [7, 11) is -1.99. The van der Waals surface area contributed by atoms with Crippen molar-refractivity contribution in [1.82, 2.24) is 10.2 Å². The first-order valence-electron chi connectivity index (χ1n) is 17.9. The molecule has 12 heteroatoms. The highest BCUT2D eigenvalue weighted by molar-refractivity contribution is 6.72. The summed E-state index contributed by atoms with van der Waals surface area (Å²) in [6, 6.07) is 22.4. The van der Waals surface area contributed by atoms with Gasteiger partial charge in [0.05, 0.1) is 44.4 Å². The van der Waals surface area contributed by atoms with Gasteiger partial charge in [-0.1, -0.05) is 49.4 Å². The molecule has 2 fully saturated rings. The number of rotatable bonds is 12. The van der Waals surface area contributed by atoms with Gasteiger partial charge in [0.25, 0.3) is 5.91 Å². The number of piperidine rings is 1. The Labute approximate surface area is 300 Å². The fourth-order valence-electron chi connectivity index (χ4n) is 8.28. The average Bonchev–Trinajstić information content (AvgIpc) is 3.54. The smallest absolute Gasteiger partial charge is 0.264 e. The molecule has 10 nitrogen and oxygen atoms in total. The number of fused-ring (bicyclic) bond motifs is 2. The molecule has 6 rings (SSSR count). The van der Waals surface area contributed by atoms with E-state index in [1.807, 2.05) is 67.6 Å². The second-order valence-corrected chi connectivity index (χ2v) is 18.3. The minimum absolute atomic E-state index is 0.0351. The molecule has 1 spiro atoms. The summed E-state index contributed by atoms with van der Waals surface area (Å²) in [5.74, 6) is -0.801. The number of carbonyl (C=O) groups is 3. The molecule has 5 atom stereocenters. The number of hydrogen-bond acceptors (Lipinski definition) is 7. The van der Waals surface area contributed by atoms with Crippen molar-refractivity contribution in [3.05, 3.63) is 89.5 Å². The fraction of sp³-hybridized carbons (Fsp3) is 0.462. The second-order valence-electron chi connectivity index (χ2n) is 14.5. The maximum Gasteiger partial charge on any atom is 0.264 e. The Morgan fingerprint density at radius 3 is 2.57 bits per heavy atom. The number of methoxy groups -OCH3 is 1. The first-order valence-corrected chi connectivity index (χ1v) is 20.8. The summed E-state index contributed by atoms with van der Waals surface area (Å²) >= 11 is 0. The molecule has 272 valence electrons. The Hall–Kier alpha value is -4.10. The quantitative estimate of drug-likeness (QED) is 0.171. The lowest BCUT2D eigenvalue weighted by Gasteiger charge is -2.31. The molecule has 0 aromatic heterocycles. The molecular formula is C39H49FN4O6Si. The monoisotopic (exact) mass is 716 g/mol. The lowest BCUT2D eigenvalue weighted by Crippen LogP contribution is -2.45. The van der Waals surface area contributed by atoms with E-state index in [0.717, 1.165) is 30.5 Å². The van der Waals surface area contributed by atoms with E-state index >= 15 is 4.11 Å². The van der Waals surface area contributed by atoms with Crippen LogP contribution in [0.2, 0.25) is 18.6 Å². The van der Waals surface area contributed by atoms with E-state index in [9.17, 15) is 19.5 Å². The highest BCUT2D eigenvalue weighted by atomic mass is 28.4. The second kappa shape index (κ2) is 15.2. The summed E-state index contributed by atoms with van der Waals surface area (Å²) in [5, 5.41) is 16.1. The van der Waals surface area contributed by atoms with Gasteiger partial charge in [-0.15, -0.1) is 0 Å². The molecule has 0 aliphatic carbocycles. The summed E-state index contributed by atoms with van der Waals surface area (Å²) in [5.41, 5.74) is 1.36. The molecule has 3 aromatic rings. The van der Waals surface area contributed by atoms with Gasteiger partial charge in [-0.2, -0.15) is 0 Å². The Morgan fingerprint density at radius 1 is 1.12 bits per heavy atom. The number of ether oxygens (including phenoxy) is 2. The van der Waals surface area contributed by atoms with E-state index in [1.54, 1.807) is 42.1 Å². The van der Waals surface area contributed by atoms with E-state index in [-0.39, 0.29) is 49.8 Å². The fourth-order valence-corrected chi connectivity index (χ4v) is 10.8. The van der Waals surface area contributed by atoms with Crippen molar-refractivity contribution < 1.29 is 33.1 Å². The zero-order valence-electron chi connectivity index (χ0n) is 29.9. The molecule has 3 aliphatic heterocycles. The number of benzene rings is 3. The van der Waals surface area contributed by atoms with E-state index < -0.39 is 31.6 Å². The Balaban J connectivity index is 1.30. The van der Waals surface area contributed by atoms with E-state index in [1.165, 1.54) is 0 Å². The summed E-state index contributed by atoms with van der Waals surface area (Å²) < 4.78 is 28.9. The zero-order valence-corrected chi connectivity index (χ0v) is 30.9. The number of nitrogens with one attached hydrogen (secondary N) is 2. The van der Waals surface area contributed by atoms with Crippen LogP contribution in [-0.2, 0) is 37.8 Å². The maximum absolute atomic E-state index is 16.5. The minimum atomic E-state index is -3.54. The lowest BCUT2D eigenvalue weighted by atomic mass is 9.82. The normalized spacial score (nSPS) is 24.4. The summed E-state index contributed by atoms with van der Waals surface area (Å²) in [6.07, 6.45) is 0.787. The molecule has 0 bridgehead atoms. The standard InChI is InChI=1S/C39H49FN4O6Si/c1-26-36(51(3,4)40)34(22-35(46)43(18-19-45)24-27-10-6-5-7-11-27)50-39(26)32-21-31(49-2)15-16-33(32)44(38(39)48)25-28-12-8-14-30(20-28)42-37(47)29-13-9-17-41-23-29/h5-8,10-12,14-16,20-21,26,29,34,36,41,45H,9,13,17-19,22-25H2,1-4H3,(H,42,47)/t26-,29?,34+,36-,39+/m0/s1. The van der Waals surface area contributed by atoms with E-state index in [4.69, 9.17) is 9.47 Å². The van der Waals surface area contributed by atoms with Crippen LogP contribution < -0.4 is 20.3 Å². The van der Waals surface area contributed by atoms with Gasteiger partial charge in [-0.3, -0.25) is 14.4 Å². The Bertz CT molecular complexity index is 1730. The topological polar surface area (TPSA) is 120 Å². The van der Waals surface area contributed by atoms with Gasteiger partial charge in [-0.25, -0.2) is 0 Å². The third-order valence-corrected chi connectivity index (χ3v) is 13.1. The van der Waals surface area contributed by atoms with Gasteiger partial charge in [-0.05, 0) is 73.9 Å². The number of aliphatic hydroxyl groups excluding tert-OH is 1. The highest BCUT2D eigenvalue weighted by Crippen LogP contribution is 2.60. The molecule has 3 heterocycles.